The molecular formula is C14H18N2O2Si. The lowest BCUT2D eigenvalue weighted by Gasteiger charge is -2.37. The molecule has 0 aliphatic heterocycles. The highest BCUT2D eigenvalue weighted by Gasteiger charge is 2.46. The largest absolute Gasteiger partial charge is 0.480 e. The van der Waals surface area contributed by atoms with E-state index in [9.17, 15) is 9.90 Å². The first-order valence-corrected chi connectivity index (χ1v) is 5.87. The Kier molecular flexibility index (Phi) is 3.93. The Labute approximate surface area is 117 Å². The zero-order valence-corrected chi connectivity index (χ0v) is 12.3. The van der Waals surface area contributed by atoms with Crippen LogP contribution in [0.25, 0.3) is 10.9 Å². The molecule has 0 saturated heterocycles. The average molecular weight is 274 g/mol. The van der Waals surface area contributed by atoms with Gasteiger partial charge in [-0.3, -0.25) is 4.79 Å². The monoisotopic (exact) mass is 274 g/mol. The van der Waals surface area contributed by atoms with Crippen molar-refractivity contribution in [2.24, 2.45) is 5.73 Å². The third-order valence-electron chi connectivity index (χ3n) is 4.01. The van der Waals surface area contributed by atoms with E-state index in [4.69, 9.17) is 5.73 Å². The third kappa shape index (κ3) is 2.19. The van der Waals surface area contributed by atoms with Crippen LogP contribution < -0.4 is 5.73 Å². The number of aliphatic carboxylic acids is 1. The summed E-state index contributed by atoms with van der Waals surface area (Å²) in [6.07, 6.45) is 1.85. The van der Waals surface area contributed by atoms with Crippen LogP contribution in [0.4, 0.5) is 0 Å². The van der Waals surface area contributed by atoms with Crippen LogP contribution in [0, 0.1) is 0 Å². The fourth-order valence-electron chi connectivity index (χ4n) is 2.14. The van der Waals surface area contributed by atoms with Crippen molar-refractivity contribution in [2.75, 3.05) is 0 Å². The van der Waals surface area contributed by atoms with Gasteiger partial charge in [-0.25, -0.2) is 0 Å². The highest BCUT2D eigenvalue weighted by atomic mass is 28.1. The van der Waals surface area contributed by atoms with Crippen molar-refractivity contribution in [3.63, 3.8) is 0 Å². The minimum absolute atomic E-state index is 0. The van der Waals surface area contributed by atoms with Gasteiger partial charge in [-0.15, -0.1) is 0 Å². The Morgan fingerprint density at radius 1 is 1.26 bits per heavy atom. The number of fused-ring (bicyclic) bond motifs is 1. The number of hydrogen-bond donors (Lipinski definition) is 3. The van der Waals surface area contributed by atoms with Crippen LogP contribution in [0.3, 0.4) is 0 Å². The Hall–Kier alpha value is -1.59. The summed E-state index contributed by atoms with van der Waals surface area (Å²) in [6.45, 7) is 5.27. The van der Waals surface area contributed by atoms with Crippen molar-refractivity contribution in [3.05, 3.63) is 36.0 Å². The summed E-state index contributed by atoms with van der Waals surface area (Å²) < 4.78 is 0. The molecule has 2 rings (SSSR count). The molecule has 1 aromatic carbocycles. The molecule has 0 fully saturated rings. The van der Waals surface area contributed by atoms with E-state index in [0.717, 1.165) is 16.5 Å². The van der Waals surface area contributed by atoms with E-state index < -0.39 is 16.9 Å². The maximum Gasteiger partial charge on any atom is 0.324 e. The van der Waals surface area contributed by atoms with Gasteiger partial charge in [-0.1, -0.05) is 32.0 Å². The highest BCUT2D eigenvalue weighted by Crippen LogP contribution is 2.37. The summed E-state index contributed by atoms with van der Waals surface area (Å²) in [5.41, 5.74) is 5.90. The number of hydrogen-bond acceptors (Lipinski definition) is 2. The second kappa shape index (κ2) is 4.83. The SMILES string of the molecule is CC(C)(c1c[nH]c2ccccc12)[C@](C)(N)C(=O)O.[Si]. The fraction of sp³-hybridized carbons (Fsp3) is 0.357. The van der Waals surface area contributed by atoms with Gasteiger partial charge in [0, 0.05) is 33.5 Å². The molecule has 0 aliphatic carbocycles. The summed E-state index contributed by atoms with van der Waals surface area (Å²) in [6, 6.07) is 7.81. The average Bonchev–Trinajstić information content (AvgIpc) is 2.72. The lowest BCUT2D eigenvalue weighted by Crippen LogP contribution is -2.58. The third-order valence-corrected chi connectivity index (χ3v) is 4.01. The van der Waals surface area contributed by atoms with Crippen molar-refractivity contribution in [1.82, 2.24) is 4.98 Å². The Morgan fingerprint density at radius 2 is 1.84 bits per heavy atom. The molecular weight excluding hydrogens is 256 g/mol. The van der Waals surface area contributed by atoms with Gasteiger partial charge in [0.1, 0.15) is 5.54 Å². The van der Waals surface area contributed by atoms with E-state index in [-0.39, 0.29) is 11.0 Å². The van der Waals surface area contributed by atoms with E-state index in [2.05, 4.69) is 4.98 Å². The van der Waals surface area contributed by atoms with Crippen LogP contribution in [0.15, 0.2) is 30.5 Å². The number of carboxylic acids is 1. The fourth-order valence-corrected chi connectivity index (χ4v) is 2.14. The Balaban J connectivity index is 0.00000180. The molecule has 0 aliphatic rings. The standard InChI is InChI=1S/C14H18N2O2.Si/c1-13(2,14(3,15)12(17)18)10-8-16-11-7-5-4-6-9(10)11;/h4-8,16H,15H2,1-3H3,(H,17,18);/t14-;/m1./s1. The molecule has 19 heavy (non-hydrogen) atoms. The van der Waals surface area contributed by atoms with Crippen molar-refractivity contribution in [3.8, 4) is 0 Å². The van der Waals surface area contributed by atoms with Crippen LogP contribution >= 0.6 is 0 Å². The van der Waals surface area contributed by atoms with Gasteiger partial charge in [0.25, 0.3) is 0 Å². The van der Waals surface area contributed by atoms with Crippen LogP contribution in [0.2, 0.25) is 0 Å². The highest BCUT2D eigenvalue weighted by molar-refractivity contribution is 5.87. The van der Waals surface area contributed by atoms with E-state index >= 15 is 0 Å². The molecule has 1 heterocycles. The first-order chi connectivity index (χ1) is 8.28. The zero-order chi connectivity index (χ0) is 13.6. The molecule has 0 bridgehead atoms. The first kappa shape index (κ1) is 15.5. The number of carbonyl (C=O) groups is 1. The smallest absolute Gasteiger partial charge is 0.324 e. The van der Waals surface area contributed by atoms with Gasteiger partial charge in [-0.2, -0.15) is 0 Å². The molecule has 0 amide bonds. The Bertz CT molecular complexity index is 602. The van der Waals surface area contributed by atoms with Crippen LogP contribution in [0.5, 0.6) is 0 Å². The number of benzene rings is 1. The first-order valence-electron chi connectivity index (χ1n) is 5.87. The van der Waals surface area contributed by atoms with E-state index in [1.54, 1.807) is 6.92 Å². The Morgan fingerprint density at radius 3 is 2.42 bits per heavy atom. The maximum atomic E-state index is 11.4. The van der Waals surface area contributed by atoms with Gasteiger partial charge in [0.05, 0.1) is 0 Å². The second-order valence-electron chi connectivity index (χ2n) is 5.38. The van der Waals surface area contributed by atoms with Gasteiger partial charge in [-0.05, 0) is 18.6 Å². The number of para-hydroxylation sites is 1. The molecule has 2 aromatic rings. The topological polar surface area (TPSA) is 79.1 Å². The molecule has 1 atom stereocenters. The summed E-state index contributed by atoms with van der Waals surface area (Å²) in [5, 5.41) is 10.3. The van der Waals surface area contributed by atoms with Crippen molar-refractivity contribution >= 4 is 27.8 Å². The molecule has 4 N–H and O–H groups in total. The molecule has 100 valence electrons. The number of nitrogens with one attached hydrogen (secondary N) is 1. The van der Waals surface area contributed by atoms with Crippen LogP contribution in [-0.4, -0.2) is 32.6 Å². The number of H-pyrrole nitrogens is 1. The lowest BCUT2D eigenvalue weighted by molar-refractivity contribution is -0.145. The predicted molar refractivity (Wildman–Crippen MR) is 77.3 cm³/mol. The number of nitrogens with two attached hydrogens (primary N) is 1. The molecule has 0 spiro atoms. The summed E-state index contributed by atoms with van der Waals surface area (Å²) >= 11 is 0. The maximum absolute atomic E-state index is 11.4. The number of aromatic nitrogens is 1. The van der Waals surface area contributed by atoms with E-state index in [1.807, 2.05) is 44.3 Å². The number of carboxylic acid groups (broad SMARTS) is 1. The van der Waals surface area contributed by atoms with Gasteiger partial charge >= 0.3 is 5.97 Å². The van der Waals surface area contributed by atoms with Gasteiger partial charge in [0.15, 0.2) is 0 Å². The summed E-state index contributed by atoms with van der Waals surface area (Å²) in [7, 11) is 0. The molecule has 5 heteroatoms. The predicted octanol–water partition coefficient (Wildman–Crippen LogP) is 1.87. The van der Waals surface area contributed by atoms with Gasteiger partial charge < -0.3 is 15.8 Å². The van der Waals surface area contributed by atoms with Crippen molar-refractivity contribution in [1.29, 1.82) is 0 Å². The number of rotatable bonds is 3. The molecule has 1 aromatic heterocycles. The van der Waals surface area contributed by atoms with E-state index in [1.165, 1.54) is 0 Å². The van der Waals surface area contributed by atoms with Crippen molar-refractivity contribution in [2.45, 2.75) is 31.7 Å². The molecule has 4 nitrogen and oxygen atoms in total. The minimum atomic E-state index is -1.34. The zero-order valence-electron chi connectivity index (χ0n) is 11.3. The lowest BCUT2D eigenvalue weighted by atomic mass is 9.69. The van der Waals surface area contributed by atoms with Crippen LogP contribution in [0.1, 0.15) is 26.3 Å². The molecule has 0 saturated carbocycles. The molecule has 0 unspecified atom stereocenters. The summed E-state index contributed by atoms with van der Waals surface area (Å²) in [4.78, 5) is 14.5. The second-order valence-corrected chi connectivity index (χ2v) is 5.38. The molecule has 4 radical (unpaired) electrons. The van der Waals surface area contributed by atoms with Gasteiger partial charge in [0.2, 0.25) is 0 Å². The van der Waals surface area contributed by atoms with E-state index in [0.29, 0.717) is 0 Å². The normalized spacial score (nSPS) is 14.7. The minimum Gasteiger partial charge on any atom is -0.480 e. The quantitative estimate of drug-likeness (QED) is 0.748. The van der Waals surface area contributed by atoms with Crippen molar-refractivity contribution < 1.29 is 9.90 Å². The summed E-state index contributed by atoms with van der Waals surface area (Å²) in [5.74, 6) is -1.00. The van der Waals surface area contributed by atoms with Crippen LogP contribution in [-0.2, 0) is 10.2 Å². The number of aromatic amines is 1.